The van der Waals surface area contributed by atoms with E-state index in [2.05, 4.69) is 10.3 Å². The van der Waals surface area contributed by atoms with Gasteiger partial charge in [-0.05, 0) is 44.5 Å². The summed E-state index contributed by atoms with van der Waals surface area (Å²) in [4.78, 5) is 4.27. The summed E-state index contributed by atoms with van der Waals surface area (Å²) in [7, 11) is 0. The van der Waals surface area contributed by atoms with E-state index in [-0.39, 0.29) is 6.04 Å². The van der Waals surface area contributed by atoms with Crippen molar-refractivity contribution in [3.05, 3.63) is 41.5 Å². The van der Waals surface area contributed by atoms with Crippen LogP contribution in [0.25, 0.3) is 0 Å². The van der Waals surface area contributed by atoms with Crippen LogP contribution in [0.15, 0.2) is 28.8 Å². The number of aryl methyl sites for hydroxylation is 2. The Morgan fingerprint density at radius 3 is 2.71 bits per heavy atom. The SMILES string of the molecule is Cc1cnc(NC(C)c2ccc(C)o2)c(N)c1. The van der Waals surface area contributed by atoms with E-state index >= 15 is 0 Å². The van der Waals surface area contributed by atoms with Gasteiger partial charge in [-0.15, -0.1) is 0 Å². The average molecular weight is 231 g/mol. The van der Waals surface area contributed by atoms with Crippen LogP contribution in [0.2, 0.25) is 0 Å². The maximum absolute atomic E-state index is 5.90. The van der Waals surface area contributed by atoms with E-state index < -0.39 is 0 Å². The number of rotatable bonds is 3. The minimum atomic E-state index is 0.0428. The Labute approximate surface area is 101 Å². The third kappa shape index (κ3) is 2.58. The summed E-state index contributed by atoms with van der Waals surface area (Å²) in [5.41, 5.74) is 7.60. The molecule has 0 radical (unpaired) electrons. The molecule has 3 N–H and O–H groups in total. The smallest absolute Gasteiger partial charge is 0.149 e. The molecule has 0 aliphatic carbocycles. The number of anilines is 2. The minimum Gasteiger partial charge on any atom is -0.464 e. The molecule has 2 heterocycles. The van der Waals surface area contributed by atoms with Crippen LogP contribution in [0.3, 0.4) is 0 Å². The van der Waals surface area contributed by atoms with Gasteiger partial charge in [0.05, 0.1) is 11.7 Å². The van der Waals surface area contributed by atoms with Crippen molar-refractivity contribution in [2.45, 2.75) is 26.8 Å². The van der Waals surface area contributed by atoms with Gasteiger partial charge in [0.15, 0.2) is 0 Å². The lowest BCUT2D eigenvalue weighted by atomic mass is 10.2. The molecule has 2 aromatic rings. The number of furan rings is 1. The molecule has 0 saturated carbocycles. The van der Waals surface area contributed by atoms with Crippen LogP contribution in [-0.2, 0) is 0 Å². The van der Waals surface area contributed by atoms with Crippen LogP contribution < -0.4 is 11.1 Å². The zero-order valence-corrected chi connectivity index (χ0v) is 10.3. The summed E-state index contributed by atoms with van der Waals surface area (Å²) in [6.45, 7) is 5.90. The maximum Gasteiger partial charge on any atom is 0.149 e. The molecule has 0 aromatic carbocycles. The molecule has 90 valence electrons. The molecule has 2 rings (SSSR count). The Morgan fingerprint density at radius 2 is 2.12 bits per heavy atom. The minimum absolute atomic E-state index is 0.0428. The first kappa shape index (κ1) is 11.5. The molecule has 0 aliphatic rings. The van der Waals surface area contributed by atoms with Crippen molar-refractivity contribution >= 4 is 11.5 Å². The Hall–Kier alpha value is -1.97. The molecule has 0 spiro atoms. The lowest BCUT2D eigenvalue weighted by Gasteiger charge is -2.14. The van der Waals surface area contributed by atoms with Gasteiger partial charge in [0, 0.05) is 6.20 Å². The highest BCUT2D eigenvalue weighted by Gasteiger charge is 2.11. The molecule has 0 amide bonds. The summed E-state index contributed by atoms with van der Waals surface area (Å²) in [6, 6.07) is 5.84. The quantitative estimate of drug-likeness (QED) is 0.852. The second-order valence-electron chi connectivity index (χ2n) is 4.26. The summed E-state index contributed by atoms with van der Waals surface area (Å²) in [6.07, 6.45) is 1.79. The van der Waals surface area contributed by atoms with E-state index in [4.69, 9.17) is 10.2 Å². The highest BCUT2D eigenvalue weighted by atomic mass is 16.3. The van der Waals surface area contributed by atoms with Gasteiger partial charge in [0.25, 0.3) is 0 Å². The molecule has 0 saturated heterocycles. The van der Waals surface area contributed by atoms with Gasteiger partial charge in [-0.2, -0.15) is 0 Å². The fourth-order valence-corrected chi connectivity index (χ4v) is 1.67. The molecular formula is C13H17N3O. The number of nitrogens with zero attached hydrogens (tertiary/aromatic N) is 1. The van der Waals surface area contributed by atoms with Gasteiger partial charge in [0.2, 0.25) is 0 Å². The zero-order valence-electron chi connectivity index (χ0n) is 10.3. The van der Waals surface area contributed by atoms with Crippen molar-refractivity contribution in [3.8, 4) is 0 Å². The standard InChI is InChI=1S/C13H17N3O/c1-8-6-11(14)13(15-7-8)16-10(3)12-5-4-9(2)17-12/h4-7,10H,14H2,1-3H3,(H,15,16). The van der Waals surface area contributed by atoms with Crippen molar-refractivity contribution in [3.63, 3.8) is 0 Å². The van der Waals surface area contributed by atoms with Crippen molar-refractivity contribution in [2.24, 2.45) is 0 Å². The highest BCUT2D eigenvalue weighted by molar-refractivity contribution is 5.62. The fourth-order valence-electron chi connectivity index (χ4n) is 1.67. The lowest BCUT2D eigenvalue weighted by Crippen LogP contribution is -2.09. The number of nitrogens with one attached hydrogen (secondary N) is 1. The predicted molar refractivity (Wildman–Crippen MR) is 68.9 cm³/mol. The first-order valence-electron chi connectivity index (χ1n) is 5.61. The van der Waals surface area contributed by atoms with Crippen LogP contribution in [0.4, 0.5) is 11.5 Å². The number of pyridine rings is 1. The van der Waals surface area contributed by atoms with Gasteiger partial charge in [-0.25, -0.2) is 4.98 Å². The van der Waals surface area contributed by atoms with Crippen molar-refractivity contribution in [1.29, 1.82) is 0 Å². The van der Waals surface area contributed by atoms with Gasteiger partial charge in [0.1, 0.15) is 17.3 Å². The lowest BCUT2D eigenvalue weighted by molar-refractivity contribution is 0.466. The van der Waals surface area contributed by atoms with E-state index in [1.807, 2.05) is 39.0 Å². The van der Waals surface area contributed by atoms with Gasteiger partial charge in [-0.3, -0.25) is 0 Å². The first-order chi connectivity index (χ1) is 8.06. The molecule has 1 unspecified atom stereocenters. The number of hydrogen-bond donors (Lipinski definition) is 2. The van der Waals surface area contributed by atoms with Gasteiger partial charge in [-0.1, -0.05) is 0 Å². The van der Waals surface area contributed by atoms with E-state index in [1.165, 1.54) is 0 Å². The number of nitrogen functional groups attached to an aromatic ring is 1. The third-order valence-electron chi connectivity index (χ3n) is 2.60. The highest BCUT2D eigenvalue weighted by Crippen LogP contribution is 2.23. The molecule has 0 bridgehead atoms. The third-order valence-corrected chi connectivity index (χ3v) is 2.60. The second kappa shape index (κ2) is 4.49. The molecule has 1 atom stereocenters. The molecule has 0 fully saturated rings. The first-order valence-corrected chi connectivity index (χ1v) is 5.61. The largest absolute Gasteiger partial charge is 0.464 e. The summed E-state index contributed by atoms with van der Waals surface area (Å²) in [5, 5.41) is 3.24. The number of hydrogen-bond acceptors (Lipinski definition) is 4. The molecular weight excluding hydrogens is 214 g/mol. The number of nitrogens with two attached hydrogens (primary N) is 1. The second-order valence-corrected chi connectivity index (χ2v) is 4.26. The molecule has 0 aliphatic heterocycles. The Morgan fingerprint density at radius 1 is 1.35 bits per heavy atom. The molecule has 17 heavy (non-hydrogen) atoms. The Bertz CT molecular complexity index is 519. The van der Waals surface area contributed by atoms with Crippen LogP contribution >= 0.6 is 0 Å². The van der Waals surface area contributed by atoms with Crippen LogP contribution in [0, 0.1) is 13.8 Å². The van der Waals surface area contributed by atoms with E-state index in [1.54, 1.807) is 6.20 Å². The zero-order chi connectivity index (χ0) is 12.4. The van der Waals surface area contributed by atoms with Crippen molar-refractivity contribution < 1.29 is 4.42 Å². The van der Waals surface area contributed by atoms with Crippen LogP contribution in [-0.4, -0.2) is 4.98 Å². The Balaban J connectivity index is 2.15. The normalized spacial score (nSPS) is 12.4. The average Bonchev–Trinajstić information content (AvgIpc) is 2.69. The molecule has 2 aromatic heterocycles. The van der Waals surface area contributed by atoms with E-state index in [0.717, 1.165) is 17.1 Å². The van der Waals surface area contributed by atoms with Gasteiger partial charge < -0.3 is 15.5 Å². The van der Waals surface area contributed by atoms with Crippen molar-refractivity contribution in [2.75, 3.05) is 11.1 Å². The van der Waals surface area contributed by atoms with Crippen molar-refractivity contribution in [1.82, 2.24) is 4.98 Å². The molecule has 4 nitrogen and oxygen atoms in total. The van der Waals surface area contributed by atoms with E-state index in [0.29, 0.717) is 11.5 Å². The summed E-state index contributed by atoms with van der Waals surface area (Å²) in [5.74, 6) is 2.47. The van der Waals surface area contributed by atoms with Crippen LogP contribution in [0.1, 0.15) is 30.0 Å². The Kier molecular flexibility index (Phi) is 3.04. The fraction of sp³-hybridized carbons (Fsp3) is 0.308. The maximum atomic E-state index is 5.90. The topological polar surface area (TPSA) is 64.1 Å². The predicted octanol–water partition coefficient (Wildman–Crippen LogP) is 3.05. The molecule has 4 heteroatoms. The summed E-state index contributed by atoms with van der Waals surface area (Å²) < 4.78 is 5.55. The van der Waals surface area contributed by atoms with Gasteiger partial charge >= 0.3 is 0 Å². The number of aromatic nitrogens is 1. The summed E-state index contributed by atoms with van der Waals surface area (Å²) >= 11 is 0. The monoisotopic (exact) mass is 231 g/mol. The van der Waals surface area contributed by atoms with E-state index in [9.17, 15) is 0 Å². The van der Waals surface area contributed by atoms with Crippen LogP contribution in [0.5, 0.6) is 0 Å².